The standard InChI is InChI=1S/C53H59ClN4O12/c1-53(2,3)70-52(65)56-43(22-15-27-55-50(63)68-33-36-18-11-7-12-19-36)47(59)58(4)45(49(62)66-5)31-40-28-38(23-25-42(40)54)39-24-26-46(67-32-35-16-9-6-10-17-35)41(29-39)30-44(48(60)61)57-51(64)69-34-37-20-13-8-14-21-37/h6-14,16-21,23-26,28-29,43-45H,15,22,27,30-34H2,1-5H3,(H,55,63)(H,56,65)(H,57,64)(H,60,61)/t43-,44-,45-/m0/s1. The van der Waals surface area contributed by atoms with E-state index in [0.29, 0.717) is 28.0 Å². The maximum absolute atomic E-state index is 14.3. The molecule has 16 nitrogen and oxygen atoms in total. The molecule has 0 saturated heterocycles. The van der Waals surface area contributed by atoms with Crippen LogP contribution in [0.1, 0.15) is 61.4 Å². The lowest BCUT2D eigenvalue weighted by Crippen LogP contribution is -2.53. The van der Waals surface area contributed by atoms with Crippen LogP contribution in [0.5, 0.6) is 5.75 Å². The number of halogens is 1. The number of carbonyl (C=O) groups excluding carboxylic acids is 5. The smallest absolute Gasteiger partial charge is 0.408 e. The minimum Gasteiger partial charge on any atom is -0.489 e. The first-order valence-electron chi connectivity index (χ1n) is 22.6. The Morgan fingerprint density at radius 3 is 1.74 bits per heavy atom. The Morgan fingerprint density at radius 2 is 1.19 bits per heavy atom. The number of carboxylic acid groups (broad SMARTS) is 1. The maximum Gasteiger partial charge on any atom is 0.408 e. The van der Waals surface area contributed by atoms with E-state index in [1.165, 1.54) is 19.1 Å². The first-order valence-corrected chi connectivity index (χ1v) is 22.9. The number of carbonyl (C=O) groups is 6. The predicted octanol–water partition coefficient (Wildman–Crippen LogP) is 8.65. The van der Waals surface area contributed by atoms with Gasteiger partial charge in [0.05, 0.1) is 7.11 Å². The van der Waals surface area contributed by atoms with Crippen LogP contribution >= 0.6 is 11.6 Å². The van der Waals surface area contributed by atoms with Crippen LogP contribution in [0.15, 0.2) is 127 Å². The molecule has 0 radical (unpaired) electrons. The van der Waals surface area contributed by atoms with Crippen LogP contribution in [-0.4, -0.2) is 90.6 Å². The largest absolute Gasteiger partial charge is 0.489 e. The lowest BCUT2D eigenvalue weighted by Gasteiger charge is -2.31. The molecule has 4 amide bonds. The summed E-state index contributed by atoms with van der Waals surface area (Å²) in [6.45, 7) is 5.33. The zero-order valence-corrected chi connectivity index (χ0v) is 40.5. The summed E-state index contributed by atoms with van der Waals surface area (Å²) in [5.74, 6) is -2.31. The van der Waals surface area contributed by atoms with Crippen LogP contribution in [0.25, 0.3) is 11.1 Å². The number of carboxylic acids is 1. The molecule has 0 aromatic heterocycles. The summed E-state index contributed by atoms with van der Waals surface area (Å²) in [6.07, 6.45) is -2.44. The van der Waals surface area contributed by atoms with Gasteiger partial charge in [0.15, 0.2) is 0 Å². The molecule has 0 aliphatic heterocycles. The van der Waals surface area contributed by atoms with E-state index >= 15 is 0 Å². The van der Waals surface area contributed by atoms with Crippen molar-refractivity contribution >= 4 is 47.7 Å². The quantitative estimate of drug-likeness (QED) is 0.0292. The van der Waals surface area contributed by atoms with Gasteiger partial charge in [0.2, 0.25) is 5.91 Å². The van der Waals surface area contributed by atoms with Crippen LogP contribution in [0.3, 0.4) is 0 Å². The van der Waals surface area contributed by atoms with Crippen LogP contribution < -0.4 is 20.7 Å². The highest BCUT2D eigenvalue weighted by Crippen LogP contribution is 2.32. The number of benzene rings is 5. The highest BCUT2D eigenvalue weighted by molar-refractivity contribution is 6.31. The van der Waals surface area contributed by atoms with Gasteiger partial charge in [-0.15, -0.1) is 0 Å². The van der Waals surface area contributed by atoms with E-state index in [4.69, 9.17) is 35.3 Å². The number of aliphatic carboxylic acids is 1. The fraction of sp³-hybridized carbons (Fsp3) is 0.321. The summed E-state index contributed by atoms with van der Waals surface area (Å²) in [5.41, 5.74) is 3.69. The van der Waals surface area contributed by atoms with Crippen molar-refractivity contribution in [1.29, 1.82) is 0 Å². The molecular formula is C53H59ClN4O12. The van der Waals surface area contributed by atoms with Crippen molar-refractivity contribution in [3.05, 3.63) is 160 Å². The van der Waals surface area contributed by atoms with Gasteiger partial charge in [-0.05, 0) is 96.8 Å². The van der Waals surface area contributed by atoms with Gasteiger partial charge in [-0.1, -0.05) is 115 Å². The van der Waals surface area contributed by atoms with Gasteiger partial charge in [-0.2, -0.15) is 0 Å². The molecule has 0 fully saturated rings. The van der Waals surface area contributed by atoms with Crippen LogP contribution in [0.2, 0.25) is 5.02 Å². The second kappa shape index (κ2) is 26.2. The molecule has 0 heterocycles. The van der Waals surface area contributed by atoms with Crippen LogP contribution in [0, 0.1) is 0 Å². The van der Waals surface area contributed by atoms with Crippen molar-refractivity contribution < 1.29 is 57.6 Å². The van der Waals surface area contributed by atoms with Gasteiger partial charge in [0, 0.05) is 31.5 Å². The molecule has 0 saturated carbocycles. The number of nitrogens with zero attached hydrogens (tertiary/aromatic N) is 1. The summed E-state index contributed by atoms with van der Waals surface area (Å²) in [4.78, 5) is 79.9. The van der Waals surface area contributed by atoms with Crippen molar-refractivity contribution in [2.24, 2.45) is 0 Å². The van der Waals surface area contributed by atoms with E-state index in [2.05, 4.69) is 16.0 Å². The van der Waals surface area contributed by atoms with Gasteiger partial charge >= 0.3 is 30.2 Å². The number of likely N-dealkylation sites (N-methyl/N-ethyl adjacent to an activating group) is 1. The Hall–Kier alpha value is -7.59. The number of alkyl carbamates (subject to hydrolysis) is 3. The van der Waals surface area contributed by atoms with Gasteiger partial charge in [-0.25, -0.2) is 24.0 Å². The van der Waals surface area contributed by atoms with E-state index in [9.17, 15) is 33.9 Å². The number of rotatable bonds is 22. The summed E-state index contributed by atoms with van der Waals surface area (Å²) < 4.78 is 27.5. The van der Waals surface area contributed by atoms with Crippen molar-refractivity contribution in [3.8, 4) is 16.9 Å². The monoisotopic (exact) mass is 978 g/mol. The third-order valence-corrected chi connectivity index (χ3v) is 11.1. The van der Waals surface area contributed by atoms with Gasteiger partial charge in [0.1, 0.15) is 49.3 Å². The lowest BCUT2D eigenvalue weighted by atomic mass is 9.95. The Bertz CT molecular complexity index is 2540. The molecule has 0 aliphatic carbocycles. The fourth-order valence-electron chi connectivity index (χ4n) is 7.13. The fourth-order valence-corrected chi connectivity index (χ4v) is 7.33. The van der Waals surface area contributed by atoms with Gasteiger partial charge in [0.25, 0.3) is 0 Å². The highest BCUT2D eigenvalue weighted by atomic mass is 35.5. The summed E-state index contributed by atoms with van der Waals surface area (Å²) >= 11 is 6.78. The number of nitrogens with one attached hydrogen (secondary N) is 3. The molecule has 70 heavy (non-hydrogen) atoms. The number of esters is 1. The topological polar surface area (TPSA) is 208 Å². The number of methoxy groups -OCH3 is 1. The molecule has 5 aromatic rings. The molecule has 3 atom stereocenters. The van der Waals surface area contributed by atoms with E-state index in [1.54, 1.807) is 81.4 Å². The maximum atomic E-state index is 14.3. The third kappa shape index (κ3) is 17.2. The molecule has 4 N–H and O–H groups in total. The number of hydrogen-bond acceptors (Lipinski definition) is 11. The van der Waals surface area contributed by atoms with Crippen LogP contribution in [0.4, 0.5) is 14.4 Å². The van der Waals surface area contributed by atoms with E-state index in [-0.39, 0.29) is 57.1 Å². The Morgan fingerprint density at radius 1 is 0.657 bits per heavy atom. The van der Waals surface area contributed by atoms with Crippen molar-refractivity contribution in [2.75, 3.05) is 20.7 Å². The number of ether oxygens (including phenoxy) is 5. The first-order chi connectivity index (χ1) is 33.5. The average Bonchev–Trinajstić information content (AvgIpc) is 3.34. The van der Waals surface area contributed by atoms with Crippen molar-refractivity contribution in [1.82, 2.24) is 20.9 Å². The van der Waals surface area contributed by atoms with Gasteiger partial charge in [-0.3, -0.25) is 4.79 Å². The van der Waals surface area contributed by atoms with Crippen molar-refractivity contribution in [2.45, 2.75) is 90.0 Å². The summed E-state index contributed by atoms with van der Waals surface area (Å²) in [6, 6.07) is 34.1. The summed E-state index contributed by atoms with van der Waals surface area (Å²) in [7, 11) is 2.60. The Labute approximate surface area is 412 Å². The molecule has 5 rings (SSSR count). The van der Waals surface area contributed by atoms with Crippen molar-refractivity contribution in [3.63, 3.8) is 0 Å². The molecule has 17 heteroatoms. The predicted molar refractivity (Wildman–Crippen MR) is 262 cm³/mol. The molecule has 5 aromatic carbocycles. The second-order valence-corrected chi connectivity index (χ2v) is 17.6. The van der Waals surface area contributed by atoms with Gasteiger partial charge < -0.3 is 49.6 Å². The normalized spacial score (nSPS) is 12.3. The molecule has 0 aliphatic rings. The van der Waals surface area contributed by atoms with E-state index < -0.39 is 59.9 Å². The third-order valence-electron chi connectivity index (χ3n) is 10.7. The first kappa shape index (κ1) is 53.4. The molecule has 0 bridgehead atoms. The zero-order chi connectivity index (χ0) is 50.6. The van der Waals surface area contributed by atoms with E-state index in [0.717, 1.165) is 16.7 Å². The highest BCUT2D eigenvalue weighted by Gasteiger charge is 2.34. The molecule has 0 spiro atoms. The van der Waals surface area contributed by atoms with Crippen LogP contribution in [-0.2, 0) is 66.0 Å². The SMILES string of the molecule is COC(=O)[C@H](Cc1cc(-c2ccc(OCc3ccccc3)c(C[C@H](NC(=O)OCc3ccccc3)C(=O)O)c2)ccc1Cl)N(C)C(=O)[C@H](CCCNC(=O)OCc1ccccc1)NC(=O)OC(C)(C)C. The lowest BCUT2D eigenvalue weighted by molar-refractivity contribution is -0.152. The molecule has 0 unspecified atom stereocenters. The molecule has 370 valence electrons. The minimum atomic E-state index is -1.40. The number of hydrogen-bond donors (Lipinski definition) is 4. The Kier molecular flexibility index (Phi) is 20.0. The van der Waals surface area contributed by atoms with E-state index in [1.807, 2.05) is 66.7 Å². The number of amides is 4. The zero-order valence-electron chi connectivity index (χ0n) is 39.8. The average molecular weight is 980 g/mol. The minimum absolute atomic E-state index is 0.0477. The second-order valence-electron chi connectivity index (χ2n) is 17.2. The Balaban J connectivity index is 1.36. The summed E-state index contributed by atoms with van der Waals surface area (Å²) in [5, 5.41) is 18.3. The molecular weight excluding hydrogens is 920 g/mol.